The van der Waals surface area contributed by atoms with Gasteiger partial charge in [0.05, 0.1) is 5.60 Å². The molecule has 3 aliphatic rings. The number of amides is 2. The first kappa shape index (κ1) is 18.4. The molecular weight excluding hydrogens is 342 g/mol. The monoisotopic (exact) mass is 371 g/mol. The summed E-state index contributed by atoms with van der Waals surface area (Å²) in [5, 5.41) is 5.91. The van der Waals surface area contributed by atoms with E-state index in [0.717, 1.165) is 45.3 Å². The van der Waals surface area contributed by atoms with Crippen LogP contribution in [-0.2, 0) is 20.9 Å². The molecule has 0 saturated carbocycles. The summed E-state index contributed by atoms with van der Waals surface area (Å²) < 4.78 is 6.21. The first-order valence-corrected chi connectivity index (χ1v) is 10.1. The smallest absolute Gasteiger partial charge is 0.242 e. The maximum absolute atomic E-state index is 12.4. The predicted molar refractivity (Wildman–Crippen MR) is 102 cm³/mol. The second kappa shape index (κ2) is 7.98. The van der Waals surface area contributed by atoms with Crippen LogP contribution >= 0.6 is 0 Å². The van der Waals surface area contributed by atoms with Crippen molar-refractivity contribution in [2.75, 3.05) is 19.7 Å². The number of carbonyl (C=O) groups excluding carboxylic acids is 2. The van der Waals surface area contributed by atoms with Gasteiger partial charge in [0.2, 0.25) is 11.8 Å². The summed E-state index contributed by atoms with van der Waals surface area (Å²) in [5.41, 5.74) is 1.24. The Morgan fingerprint density at radius 2 is 2.00 bits per heavy atom. The van der Waals surface area contributed by atoms with Gasteiger partial charge in [-0.1, -0.05) is 30.3 Å². The number of hydrogen-bond acceptors (Lipinski definition) is 4. The van der Waals surface area contributed by atoms with E-state index in [4.69, 9.17) is 4.74 Å². The molecule has 27 heavy (non-hydrogen) atoms. The number of likely N-dealkylation sites (tertiary alicyclic amines) is 1. The van der Waals surface area contributed by atoms with Gasteiger partial charge in [-0.25, -0.2) is 0 Å². The van der Waals surface area contributed by atoms with E-state index in [9.17, 15) is 9.59 Å². The van der Waals surface area contributed by atoms with E-state index >= 15 is 0 Å². The highest BCUT2D eigenvalue weighted by atomic mass is 16.5. The summed E-state index contributed by atoms with van der Waals surface area (Å²) in [6.45, 7) is 3.72. The lowest BCUT2D eigenvalue weighted by atomic mass is 9.82. The number of nitrogens with zero attached hydrogens (tertiary/aromatic N) is 1. The number of hydrogen-bond donors (Lipinski definition) is 2. The van der Waals surface area contributed by atoms with Crippen molar-refractivity contribution in [3.63, 3.8) is 0 Å². The van der Waals surface area contributed by atoms with Gasteiger partial charge in [-0.2, -0.15) is 0 Å². The van der Waals surface area contributed by atoms with Crippen LogP contribution in [0.15, 0.2) is 30.3 Å². The van der Waals surface area contributed by atoms with Gasteiger partial charge in [0, 0.05) is 38.7 Å². The Labute approximate surface area is 160 Å². The van der Waals surface area contributed by atoms with Gasteiger partial charge in [0.1, 0.15) is 6.04 Å². The molecule has 0 radical (unpaired) electrons. The molecular formula is C21H29N3O3. The zero-order valence-electron chi connectivity index (χ0n) is 15.8. The second-order valence-corrected chi connectivity index (χ2v) is 8.15. The van der Waals surface area contributed by atoms with Crippen LogP contribution in [0.4, 0.5) is 0 Å². The largest absolute Gasteiger partial charge is 0.375 e. The lowest BCUT2D eigenvalue weighted by molar-refractivity contribution is -0.134. The number of piperidine rings is 1. The van der Waals surface area contributed by atoms with Crippen LogP contribution in [0, 0.1) is 0 Å². The van der Waals surface area contributed by atoms with Crippen LogP contribution in [-0.4, -0.2) is 54.1 Å². The summed E-state index contributed by atoms with van der Waals surface area (Å²) >= 11 is 0. The molecule has 3 fully saturated rings. The molecule has 6 nitrogen and oxygen atoms in total. The van der Waals surface area contributed by atoms with Crippen molar-refractivity contribution in [2.45, 2.75) is 62.8 Å². The summed E-state index contributed by atoms with van der Waals surface area (Å²) in [6.07, 6.45) is 4.79. The minimum atomic E-state index is -0.357. The first-order chi connectivity index (χ1) is 13.1. The van der Waals surface area contributed by atoms with E-state index < -0.39 is 0 Å². The number of ether oxygens (including phenoxy) is 1. The Balaban J connectivity index is 1.28. The number of nitrogens with one attached hydrogen (secondary N) is 2. The van der Waals surface area contributed by atoms with Gasteiger partial charge in [-0.05, 0) is 37.7 Å². The maximum atomic E-state index is 12.4. The Kier molecular flexibility index (Phi) is 5.45. The molecule has 1 aromatic rings. The van der Waals surface area contributed by atoms with E-state index in [1.807, 2.05) is 0 Å². The van der Waals surface area contributed by atoms with Crippen molar-refractivity contribution in [1.82, 2.24) is 15.5 Å². The third-order valence-corrected chi connectivity index (χ3v) is 6.17. The van der Waals surface area contributed by atoms with Crippen LogP contribution in [0.5, 0.6) is 0 Å². The molecule has 0 bridgehead atoms. The van der Waals surface area contributed by atoms with Crippen molar-refractivity contribution in [1.29, 1.82) is 0 Å². The molecule has 3 heterocycles. The topological polar surface area (TPSA) is 70.7 Å². The van der Waals surface area contributed by atoms with Gasteiger partial charge in [-0.15, -0.1) is 0 Å². The third kappa shape index (κ3) is 4.50. The van der Waals surface area contributed by atoms with Crippen molar-refractivity contribution in [2.24, 2.45) is 0 Å². The van der Waals surface area contributed by atoms with Crippen molar-refractivity contribution >= 4 is 11.8 Å². The van der Waals surface area contributed by atoms with Gasteiger partial charge in [0.25, 0.3) is 0 Å². The Morgan fingerprint density at radius 3 is 2.70 bits per heavy atom. The Bertz CT molecular complexity index is 671. The number of benzene rings is 1. The highest BCUT2D eigenvalue weighted by Gasteiger charge is 2.41. The van der Waals surface area contributed by atoms with Gasteiger partial charge in [-0.3, -0.25) is 14.5 Å². The Hall–Kier alpha value is -1.92. The molecule has 2 N–H and O–H groups in total. The third-order valence-electron chi connectivity index (χ3n) is 6.17. The standard InChI is InChI=1S/C21H29N3O3/c25-19-7-6-18(23-19)20(26)22-17-8-13-27-21(14-17)9-11-24(12-10-21)15-16-4-2-1-3-5-16/h1-5,17-18H,6-15H2,(H,22,26)(H,23,25)/t17?,18-/m1/s1. The minimum Gasteiger partial charge on any atom is -0.375 e. The van der Waals surface area contributed by atoms with Crippen molar-refractivity contribution in [3.05, 3.63) is 35.9 Å². The maximum Gasteiger partial charge on any atom is 0.242 e. The van der Waals surface area contributed by atoms with Gasteiger partial charge < -0.3 is 15.4 Å². The summed E-state index contributed by atoms with van der Waals surface area (Å²) in [4.78, 5) is 26.2. The van der Waals surface area contributed by atoms with E-state index in [1.165, 1.54) is 5.56 Å². The van der Waals surface area contributed by atoms with Gasteiger partial charge in [0.15, 0.2) is 0 Å². The molecule has 146 valence electrons. The fourth-order valence-corrected chi connectivity index (χ4v) is 4.57. The Morgan fingerprint density at radius 1 is 1.22 bits per heavy atom. The van der Waals surface area contributed by atoms with Crippen LogP contribution in [0.25, 0.3) is 0 Å². The number of carbonyl (C=O) groups is 2. The molecule has 6 heteroatoms. The molecule has 4 rings (SSSR count). The average Bonchev–Trinajstić information content (AvgIpc) is 3.12. The summed E-state index contributed by atoms with van der Waals surface area (Å²) in [5.74, 6) is -0.0613. The highest BCUT2D eigenvalue weighted by Crippen LogP contribution is 2.35. The molecule has 1 spiro atoms. The van der Waals surface area contributed by atoms with E-state index in [2.05, 4.69) is 45.9 Å². The molecule has 3 aliphatic heterocycles. The average molecular weight is 371 g/mol. The van der Waals surface area contributed by atoms with Crippen LogP contribution < -0.4 is 10.6 Å². The summed E-state index contributed by atoms with van der Waals surface area (Å²) in [6, 6.07) is 10.4. The highest BCUT2D eigenvalue weighted by molar-refractivity contribution is 5.90. The number of rotatable bonds is 4. The molecule has 0 aliphatic carbocycles. The fourth-order valence-electron chi connectivity index (χ4n) is 4.57. The zero-order chi connectivity index (χ0) is 18.7. The summed E-state index contributed by atoms with van der Waals surface area (Å²) in [7, 11) is 0. The molecule has 1 unspecified atom stereocenters. The van der Waals surface area contributed by atoms with Crippen LogP contribution in [0.3, 0.4) is 0 Å². The van der Waals surface area contributed by atoms with Crippen molar-refractivity contribution in [3.8, 4) is 0 Å². The van der Waals surface area contributed by atoms with E-state index in [1.54, 1.807) is 0 Å². The van der Waals surface area contributed by atoms with Crippen LogP contribution in [0.1, 0.15) is 44.1 Å². The quantitative estimate of drug-likeness (QED) is 0.843. The van der Waals surface area contributed by atoms with E-state index in [0.29, 0.717) is 19.4 Å². The first-order valence-electron chi connectivity index (χ1n) is 10.1. The SMILES string of the molecule is O=C1CC[C@H](C(=O)NC2CCOC3(CCN(Cc4ccccc4)CC3)C2)N1. The lowest BCUT2D eigenvalue weighted by Gasteiger charge is -2.46. The van der Waals surface area contributed by atoms with E-state index in [-0.39, 0.29) is 29.5 Å². The molecule has 2 amide bonds. The predicted octanol–water partition coefficient (Wildman–Crippen LogP) is 1.60. The molecule has 3 saturated heterocycles. The normalized spacial score (nSPS) is 28.1. The molecule has 2 atom stereocenters. The minimum absolute atomic E-state index is 0.0237. The van der Waals surface area contributed by atoms with Crippen LogP contribution in [0.2, 0.25) is 0 Å². The second-order valence-electron chi connectivity index (χ2n) is 8.15. The van der Waals surface area contributed by atoms with Gasteiger partial charge >= 0.3 is 0 Å². The molecule has 0 aromatic heterocycles. The zero-order valence-corrected chi connectivity index (χ0v) is 15.8. The lowest BCUT2D eigenvalue weighted by Crippen LogP contribution is -2.55. The molecule has 1 aromatic carbocycles. The fraction of sp³-hybridized carbons (Fsp3) is 0.619. The van der Waals surface area contributed by atoms with Crippen molar-refractivity contribution < 1.29 is 14.3 Å².